The van der Waals surface area contributed by atoms with Crippen LogP contribution in [-0.2, 0) is 0 Å². The van der Waals surface area contributed by atoms with E-state index in [2.05, 4.69) is 51.8 Å². The molecule has 212 valence electrons. The van der Waals surface area contributed by atoms with E-state index in [1.807, 2.05) is 0 Å². The van der Waals surface area contributed by atoms with Gasteiger partial charge < -0.3 is 20.1 Å². The molecule has 0 radical (unpaired) electrons. The Hall–Kier alpha value is -3.46. The van der Waals surface area contributed by atoms with Crippen LogP contribution in [0.2, 0.25) is 0 Å². The Morgan fingerprint density at radius 2 is 1.98 bits per heavy atom. The van der Waals surface area contributed by atoms with Gasteiger partial charge in [-0.05, 0) is 93.1 Å². The summed E-state index contributed by atoms with van der Waals surface area (Å²) in [4.78, 5) is 19.4. The summed E-state index contributed by atoms with van der Waals surface area (Å²) in [6.45, 7) is 6.91. The number of aromatic nitrogens is 2. The fraction of sp³-hybridized carbons (Fsp3) is 0.469. The van der Waals surface area contributed by atoms with Crippen molar-refractivity contribution in [2.24, 2.45) is 5.41 Å². The number of nitrogens with zero attached hydrogens (tertiary/aromatic N) is 3. The number of carbonyl (C=O) groups excluding carboxylic acids is 1. The molecule has 3 aliphatic carbocycles. The van der Waals surface area contributed by atoms with Gasteiger partial charge in [-0.1, -0.05) is 22.6 Å². The number of rotatable bonds is 6. The molecule has 1 aromatic carbocycles. The molecule has 0 unspecified atom stereocenters. The highest BCUT2D eigenvalue weighted by atomic mass is 32.1. The van der Waals surface area contributed by atoms with Crippen molar-refractivity contribution in [1.29, 1.82) is 0 Å². The van der Waals surface area contributed by atoms with Crippen molar-refractivity contribution in [3.8, 4) is 0 Å². The predicted octanol–water partition coefficient (Wildman–Crippen LogP) is 6.55. The van der Waals surface area contributed by atoms with Crippen LogP contribution < -0.4 is 15.5 Å². The van der Waals surface area contributed by atoms with Crippen molar-refractivity contribution in [2.75, 3.05) is 24.5 Å². The van der Waals surface area contributed by atoms with E-state index in [0.717, 1.165) is 73.0 Å². The van der Waals surface area contributed by atoms with Gasteiger partial charge in [0, 0.05) is 54.5 Å². The van der Waals surface area contributed by atoms with Crippen LogP contribution in [0, 0.1) is 11.2 Å². The normalized spacial score (nSPS) is 22.0. The van der Waals surface area contributed by atoms with Crippen LogP contribution in [0.3, 0.4) is 0 Å². The number of hydrogen-bond acceptors (Lipinski definition) is 7. The molecule has 2 aromatic heterocycles. The summed E-state index contributed by atoms with van der Waals surface area (Å²) >= 11 is 1.48. The van der Waals surface area contributed by atoms with Crippen LogP contribution in [0.5, 0.6) is 0 Å². The van der Waals surface area contributed by atoms with Crippen molar-refractivity contribution in [3.05, 3.63) is 64.0 Å². The smallest absolute Gasteiger partial charge is 0.251 e. The van der Waals surface area contributed by atoms with Crippen LogP contribution in [0.25, 0.3) is 21.4 Å². The summed E-state index contributed by atoms with van der Waals surface area (Å²) in [5.41, 5.74) is 8.28. The molecule has 0 bridgehead atoms. The Balaban J connectivity index is 1.02. The molecule has 1 saturated heterocycles. The molecule has 4 heterocycles. The number of piperidine rings is 1. The van der Waals surface area contributed by atoms with E-state index in [4.69, 9.17) is 4.52 Å². The van der Waals surface area contributed by atoms with Gasteiger partial charge in [-0.2, -0.15) is 0 Å². The third-order valence-corrected chi connectivity index (χ3v) is 10.5. The summed E-state index contributed by atoms with van der Waals surface area (Å²) in [6, 6.07) is 3.35. The minimum Gasteiger partial charge on any atom is -0.387 e. The zero-order valence-electron chi connectivity index (χ0n) is 23.5. The molecule has 1 spiro atoms. The van der Waals surface area contributed by atoms with Gasteiger partial charge in [0.1, 0.15) is 17.0 Å². The average Bonchev–Trinajstić information content (AvgIpc) is 3.86. The summed E-state index contributed by atoms with van der Waals surface area (Å²) in [7, 11) is 0. The molecule has 41 heavy (non-hydrogen) atoms. The number of dihydropyridines is 1. The summed E-state index contributed by atoms with van der Waals surface area (Å²) in [6.07, 6.45) is 12.0. The van der Waals surface area contributed by atoms with E-state index in [0.29, 0.717) is 17.0 Å². The lowest BCUT2D eigenvalue weighted by atomic mass is 9.63. The van der Waals surface area contributed by atoms with E-state index >= 15 is 0 Å². The number of benzene rings is 1. The van der Waals surface area contributed by atoms with Crippen molar-refractivity contribution in [2.45, 2.75) is 70.8 Å². The molecule has 9 heteroatoms. The number of allylic oxidation sites excluding steroid dienone is 4. The van der Waals surface area contributed by atoms with Crippen LogP contribution in [0.1, 0.15) is 92.1 Å². The Bertz CT molecular complexity index is 1680. The molecule has 0 atom stereocenters. The van der Waals surface area contributed by atoms with Gasteiger partial charge in [0.05, 0.1) is 4.70 Å². The van der Waals surface area contributed by atoms with Gasteiger partial charge in [0.15, 0.2) is 10.9 Å². The lowest BCUT2D eigenvalue weighted by Gasteiger charge is -2.46. The maximum Gasteiger partial charge on any atom is 0.251 e. The molecular weight excluding hydrogens is 537 g/mol. The van der Waals surface area contributed by atoms with Crippen LogP contribution >= 0.6 is 11.3 Å². The molecule has 7 nitrogen and oxygen atoms in total. The number of fused-ring (bicyclic) bond motifs is 1. The number of halogens is 1. The third-order valence-electron chi connectivity index (χ3n) is 9.40. The molecule has 8 rings (SSSR count). The van der Waals surface area contributed by atoms with Crippen molar-refractivity contribution in [1.82, 2.24) is 20.8 Å². The highest BCUT2D eigenvalue weighted by Gasteiger charge is 2.44. The highest BCUT2D eigenvalue weighted by Crippen LogP contribution is 2.56. The molecule has 2 saturated carbocycles. The fourth-order valence-electron chi connectivity index (χ4n) is 6.74. The maximum atomic E-state index is 14.9. The zero-order chi connectivity index (χ0) is 27.9. The van der Waals surface area contributed by atoms with E-state index < -0.39 is 5.82 Å². The lowest BCUT2D eigenvalue weighted by Crippen LogP contribution is -2.42. The first-order valence-corrected chi connectivity index (χ1v) is 15.7. The van der Waals surface area contributed by atoms with Crippen molar-refractivity contribution >= 4 is 43.7 Å². The van der Waals surface area contributed by atoms with Crippen LogP contribution in [-0.4, -0.2) is 41.7 Å². The number of thiazole rings is 1. The topological polar surface area (TPSA) is 83.3 Å². The van der Waals surface area contributed by atoms with Crippen LogP contribution in [0.15, 0.2) is 40.1 Å². The second kappa shape index (κ2) is 9.28. The standard InChI is InChI=1S/C32H34FN5O2S/c1-17-15-34-16-18(2)25(17)28-26(29(40-37-28)19-3-4-19)21-13-32(14-21)7-9-38(10-8-32)31-36-27-23(33)11-20(12-24(27)41-31)30(39)35-22-5-6-22/h11-13,15,19,22,34H,3-10,14,16H2,1-2H3,(H,35,39). The minimum absolute atomic E-state index is 0.180. The number of amides is 1. The Morgan fingerprint density at radius 3 is 2.68 bits per heavy atom. The Kier molecular flexibility index (Phi) is 5.72. The lowest BCUT2D eigenvalue weighted by molar-refractivity contribution is 0.0951. The van der Waals surface area contributed by atoms with E-state index in [1.165, 1.54) is 58.1 Å². The van der Waals surface area contributed by atoms with Gasteiger partial charge in [-0.25, -0.2) is 9.37 Å². The fourth-order valence-corrected chi connectivity index (χ4v) is 7.81. The van der Waals surface area contributed by atoms with Gasteiger partial charge >= 0.3 is 0 Å². The van der Waals surface area contributed by atoms with Gasteiger partial charge in [-0.3, -0.25) is 4.79 Å². The number of carbonyl (C=O) groups is 1. The second-order valence-corrected chi connectivity index (χ2v) is 13.7. The molecule has 1 amide bonds. The van der Waals surface area contributed by atoms with Gasteiger partial charge in [-0.15, -0.1) is 0 Å². The number of anilines is 1. The predicted molar refractivity (Wildman–Crippen MR) is 159 cm³/mol. The Morgan fingerprint density at radius 1 is 1.20 bits per heavy atom. The van der Waals surface area contributed by atoms with Gasteiger partial charge in [0.25, 0.3) is 5.91 Å². The van der Waals surface area contributed by atoms with Crippen molar-refractivity contribution in [3.63, 3.8) is 0 Å². The van der Waals surface area contributed by atoms with E-state index in [1.54, 1.807) is 6.07 Å². The SMILES string of the molecule is CC1=CNCC(C)=C1c1noc(C2CC2)c1C1=CC2(CCN(c3nc4c(F)cc(C(=O)NC5CC5)cc4s3)CC2)C1. The largest absolute Gasteiger partial charge is 0.387 e. The second-order valence-electron chi connectivity index (χ2n) is 12.7. The first-order chi connectivity index (χ1) is 19.9. The zero-order valence-corrected chi connectivity index (χ0v) is 24.3. The molecule has 2 N–H and O–H groups in total. The summed E-state index contributed by atoms with van der Waals surface area (Å²) < 4.78 is 21.7. The summed E-state index contributed by atoms with van der Waals surface area (Å²) in [5, 5.41) is 11.8. The van der Waals surface area contributed by atoms with Crippen LogP contribution in [0.4, 0.5) is 9.52 Å². The molecule has 2 aliphatic heterocycles. The molecule has 3 aromatic rings. The Labute approximate surface area is 242 Å². The quantitative estimate of drug-likeness (QED) is 0.349. The average molecular weight is 572 g/mol. The summed E-state index contributed by atoms with van der Waals surface area (Å²) in [5.74, 6) is 0.949. The monoisotopic (exact) mass is 571 g/mol. The van der Waals surface area contributed by atoms with E-state index in [9.17, 15) is 9.18 Å². The van der Waals surface area contributed by atoms with Crippen molar-refractivity contribution < 1.29 is 13.7 Å². The third kappa shape index (κ3) is 4.40. The molecule has 3 fully saturated rings. The highest BCUT2D eigenvalue weighted by molar-refractivity contribution is 7.22. The van der Waals surface area contributed by atoms with E-state index in [-0.39, 0.29) is 17.4 Å². The maximum absolute atomic E-state index is 14.9. The first kappa shape index (κ1) is 25.3. The minimum atomic E-state index is -0.425. The number of nitrogens with one attached hydrogen (secondary N) is 2. The molecule has 5 aliphatic rings. The first-order valence-electron chi connectivity index (χ1n) is 14.9. The van der Waals surface area contributed by atoms with Gasteiger partial charge in [0.2, 0.25) is 0 Å². The molecular formula is C32H34FN5O2S. The number of hydrogen-bond donors (Lipinski definition) is 2.